The van der Waals surface area contributed by atoms with Crippen molar-refractivity contribution in [1.82, 2.24) is 9.62 Å². The highest BCUT2D eigenvalue weighted by atomic mass is 32.2. The number of methoxy groups -OCH3 is 2. The number of furan rings is 1. The van der Waals surface area contributed by atoms with Crippen LogP contribution in [0.3, 0.4) is 0 Å². The van der Waals surface area contributed by atoms with Gasteiger partial charge in [0.15, 0.2) is 0 Å². The minimum atomic E-state index is -3.52. The van der Waals surface area contributed by atoms with Crippen LogP contribution in [0.15, 0.2) is 45.7 Å². The largest absolute Gasteiger partial charge is 0.497 e. The van der Waals surface area contributed by atoms with Gasteiger partial charge in [0.25, 0.3) is 0 Å². The first-order chi connectivity index (χ1) is 13.5. The zero-order chi connectivity index (χ0) is 20.0. The molecule has 0 radical (unpaired) electrons. The van der Waals surface area contributed by atoms with Crippen LogP contribution < -0.4 is 9.46 Å². The van der Waals surface area contributed by atoms with Gasteiger partial charge >= 0.3 is 0 Å². The molecule has 3 rings (SSSR count). The summed E-state index contributed by atoms with van der Waals surface area (Å²) >= 11 is 0. The molecular formula is C20H28N2O5S. The highest BCUT2D eigenvalue weighted by Crippen LogP contribution is 2.21. The summed E-state index contributed by atoms with van der Waals surface area (Å²) in [7, 11) is -0.324. The normalized spacial score (nSPS) is 18.3. The Labute approximate surface area is 166 Å². The van der Waals surface area contributed by atoms with Gasteiger partial charge in [-0.05, 0) is 61.7 Å². The summed E-state index contributed by atoms with van der Waals surface area (Å²) in [4.78, 5) is 2.56. The van der Waals surface area contributed by atoms with E-state index < -0.39 is 10.0 Å². The van der Waals surface area contributed by atoms with E-state index in [1.54, 1.807) is 38.5 Å². The van der Waals surface area contributed by atoms with Gasteiger partial charge < -0.3 is 13.9 Å². The van der Waals surface area contributed by atoms with E-state index in [1.807, 2.05) is 12.1 Å². The van der Waals surface area contributed by atoms with Crippen LogP contribution >= 0.6 is 0 Å². The van der Waals surface area contributed by atoms with Gasteiger partial charge in [0.2, 0.25) is 10.0 Å². The van der Waals surface area contributed by atoms with E-state index in [1.165, 1.54) is 0 Å². The predicted octanol–water partition coefficient (Wildman–Crippen LogP) is 2.63. The van der Waals surface area contributed by atoms with Crippen molar-refractivity contribution in [2.45, 2.75) is 30.9 Å². The number of sulfonamides is 1. The molecule has 8 heteroatoms. The van der Waals surface area contributed by atoms with E-state index in [9.17, 15) is 8.42 Å². The van der Waals surface area contributed by atoms with Crippen LogP contribution in [-0.2, 0) is 27.9 Å². The van der Waals surface area contributed by atoms with E-state index in [4.69, 9.17) is 13.9 Å². The van der Waals surface area contributed by atoms with Crippen molar-refractivity contribution < 1.29 is 22.3 Å². The van der Waals surface area contributed by atoms with Crippen molar-refractivity contribution in [2.75, 3.05) is 33.9 Å². The van der Waals surface area contributed by atoms with Crippen LogP contribution in [0.2, 0.25) is 0 Å². The second-order valence-corrected chi connectivity index (χ2v) is 8.84. The van der Waals surface area contributed by atoms with E-state index in [2.05, 4.69) is 9.62 Å². The van der Waals surface area contributed by atoms with Gasteiger partial charge in [-0.2, -0.15) is 0 Å². The average molecular weight is 409 g/mol. The lowest BCUT2D eigenvalue weighted by molar-refractivity contribution is 0.144. The zero-order valence-corrected chi connectivity index (χ0v) is 17.2. The standard InChI is InChI=1S/C20H28N2O5S/c1-25-15-19-6-5-18(27-19)14-22-11-3-4-16(13-22)12-21-28(23,24)20-9-7-17(26-2)8-10-20/h5-10,16,21H,3-4,11-15H2,1-2H3. The predicted molar refractivity (Wildman–Crippen MR) is 106 cm³/mol. The monoisotopic (exact) mass is 408 g/mol. The molecule has 1 aromatic heterocycles. The molecular weight excluding hydrogens is 380 g/mol. The van der Waals surface area contributed by atoms with Crippen molar-refractivity contribution in [3.63, 3.8) is 0 Å². The van der Waals surface area contributed by atoms with Crippen molar-refractivity contribution >= 4 is 10.0 Å². The summed E-state index contributed by atoms with van der Waals surface area (Å²) in [6.07, 6.45) is 2.05. The second kappa shape index (κ2) is 9.56. The molecule has 7 nitrogen and oxygen atoms in total. The lowest BCUT2D eigenvalue weighted by atomic mass is 9.98. The molecule has 2 aromatic rings. The molecule has 1 N–H and O–H groups in total. The Balaban J connectivity index is 1.52. The third kappa shape index (κ3) is 5.57. The number of hydrogen-bond donors (Lipinski definition) is 1. The number of nitrogens with zero attached hydrogens (tertiary/aromatic N) is 1. The fraction of sp³-hybridized carbons (Fsp3) is 0.500. The van der Waals surface area contributed by atoms with Crippen molar-refractivity contribution in [3.8, 4) is 5.75 Å². The van der Waals surface area contributed by atoms with Crippen molar-refractivity contribution in [2.24, 2.45) is 5.92 Å². The first kappa shape index (κ1) is 20.9. The Bertz CT molecular complexity index is 848. The van der Waals surface area contributed by atoms with Crippen LogP contribution in [0.1, 0.15) is 24.4 Å². The molecule has 0 amide bonds. The van der Waals surface area contributed by atoms with Crippen LogP contribution in [0.5, 0.6) is 5.75 Å². The molecule has 154 valence electrons. The lowest BCUT2D eigenvalue weighted by Crippen LogP contribution is -2.40. The summed E-state index contributed by atoms with van der Waals surface area (Å²) in [5.74, 6) is 2.63. The molecule has 1 aliphatic rings. The number of benzene rings is 1. The maximum atomic E-state index is 12.5. The summed E-state index contributed by atoms with van der Waals surface area (Å²) in [6.45, 7) is 3.45. The molecule has 1 unspecified atom stereocenters. The molecule has 2 heterocycles. The number of ether oxygens (including phenoxy) is 2. The first-order valence-electron chi connectivity index (χ1n) is 9.43. The third-order valence-electron chi connectivity index (χ3n) is 4.92. The number of nitrogens with one attached hydrogen (secondary N) is 1. The Morgan fingerprint density at radius 1 is 1.14 bits per heavy atom. The maximum Gasteiger partial charge on any atom is 0.240 e. The fourth-order valence-corrected chi connectivity index (χ4v) is 4.59. The Morgan fingerprint density at radius 3 is 2.61 bits per heavy atom. The van der Waals surface area contributed by atoms with Crippen LogP contribution in [0.4, 0.5) is 0 Å². The Hall–Kier alpha value is -1.87. The van der Waals surface area contributed by atoms with E-state index in [0.717, 1.165) is 44.0 Å². The van der Waals surface area contributed by atoms with Gasteiger partial charge in [0, 0.05) is 20.2 Å². The Kier molecular flexibility index (Phi) is 7.12. The van der Waals surface area contributed by atoms with Gasteiger partial charge in [-0.3, -0.25) is 4.90 Å². The van der Waals surface area contributed by atoms with Gasteiger partial charge in [0.1, 0.15) is 23.9 Å². The van der Waals surface area contributed by atoms with Gasteiger partial charge in [-0.25, -0.2) is 13.1 Å². The summed E-state index contributed by atoms with van der Waals surface area (Å²) in [5, 5.41) is 0. The van der Waals surface area contributed by atoms with Crippen molar-refractivity contribution in [1.29, 1.82) is 0 Å². The minimum Gasteiger partial charge on any atom is -0.497 e. The van der Waals surface area contributed by atoms with Crippen LogP contribution in [0, 0.1) is 5.92 Å². The van der Waals surface area contributed by atoms with Crippen LogP contribution in [0.25, 0.3) is 0 Å². The zero-order valence-electron chi connectivity index (χ0n) is 16.4. The summed E-state index contributed by atoms with van der Waals surface area (Å²) in [6, 6.07) is 10.3. The number of likely N-dealkylation sites (tertiary alicyclic amines) is 1. The van der Waals surface area contributed by atoms with Crippen LogP contribution in [-0.4, -0.2) is 47.2 Å². The Morgan fingerprint density at radius 2 is 1.89 bits per heavy atom. The van der Waals surface area contributed by atoms with Crippen molar-refractivity contribution in [3.05, 3.63) is 47.9 Å². The smallest absolute Gasteiger partial charge is 0.240 e. The minimum absolute atomic E-state index is 0.252. The third-order valence-corrected chi connectivity index (χ3v) is 6.36. The molecule has 0 saturated carbocycles. The number of rotatable bonds is 9. The molecule has 1 aliphatic heterocycles. The van der Waals surface area contributed by atoms with E-state index in [-0.39, 0.29) is 10.8 Å². The highest BCUT2D eigenvalue weighted by Gasteiger charge is 2.23. The summed E-state index contributed by atoms with van der Waals surface area (Å²) < 4.78 is 43.7. The molecule has 1 fully saturated rings. The summed E-state index contributed by atoms with van der Waals surface area (Å²) in [5.41, 5.74) is 0. The number of hydrogen-bond acceptors (Lipinski definition) is 6. The molecule has 1 aromatic carbocycles. The molecule has 0 spiro atoms. The maximum absolute atomic E-state index is 12.5. The molecule has 1 saturated heterocycles. The SMILES string of the molecule is COCc1ccc(CN2CCCC(CNS(=O)(=O)c3ccc(OC)cc3)C2)o1. The molecule has 1 atom stereocenters. The molecule has 0 bridgehead atoms. The topological polar surface area (TPSA) is 81.0 Å². The lowest BCUT2D eigenvalue weighted by Gasteiger charge is -2.32. The number of piperidine rings is 1. The molecule has 0 aliphatic carbocycles. The van der Waals surface area contributed by atoms with Gasteiger partial charge in [0.05, 0.1) is 18.6 Å². The van der Waals surface area contributed by atoms with Gasteiger partial charge in [-0.15, -0.1) is 0 Å². The first-order valence-corrected chi connectivity index (χ1v) is 10.9. The average Bonchev–Trinajstić information content (AvgIpc) is 3.14. The highest BCUT2D eigenvalue weighted by molar-refractivity contribution is 7.89. The van der Waals surface area contributed by atoms with E-state index >= 15 is 0 Å². The molecule has 28 heavy (non-hydrogen) atoms. The quantitative estimate of drug-likeness (QED) is 0.687. The second-order valence-electron chi connectivity index (χ2n) is 7.07. The fourth-order valence-electron chi connectivity index (χ4n) is 3.47. The van der Waals surface area contributed by atoms with Gasteiger partial charge in [-0.1, -0.05) is 0 Å². The van der Waals surface area contributed by atoms with E-state index in [0.29, 0.717) is 18.9 Å².